The highest BCUT2D eigenvalue weighted by Crippen LogP contribution is 2.28. The molecular formula is C19H26N4OS. The van der Waals surface area contributed by atoms with E-state index in [-0.39, 0.29) is 11.2 Å². The Bertz CT molecular complexity index is 715. The van der Waals surface area contributed by atoms with Gasteiger partial charge in [-0.05, 0) is 32.6 Å². The predicted octanol–water partition coefficient (Wildman–Crippen LogP) is 3.75. The molecule has 0 bridgehead atoms. The number of piperidine rings is 1. The van der Waals surface area contributed by atoms with Gasteiger partial charge in [-0.25, -0.2) is 0 Å². The van der Waals surface area contributed by atoms with E-state index in [0.717, 1.165) is 42.4 Å². The van der Waals surface area contributed by atoms with Crippen molar-refractivity contribution in [1.82, 2.24) is 19.7 Å². The number of amides is 1. The molecule has 1 aliphatic heterocycles. The van der Waals surface area contributed by atoms with Crippen molar-refractivity contribution in [2.45, 2.75) is 56.0 Å². The zero-order valence-corrected chi connectivity index (χ0v) is 16.0. The van der Waals surface area contributed by atoms with Gasteiger partial charge in [0.15, 0.2) is 11.0 Å². The van der Waals surface area contributed by atoms with E-state index in [1.807, 2.05) is 48.9 Å². The minimum atomic E-state index is -0.154. The van der Waals surface area contributed by atoms with Gasteiger partial charge < -0.3 is 9.47 Å². The van der Waals surface area contributed by atoms with Crippen molar-refractivity contribution >= 4 is 17.7 Å². The van der Waals surface area contributed by atoms with E-state index in [4.69, 9.17) is 0 Å². The van der Waals surface area contributed by atoms with Crippen LogP contribution in [0.3, 0.4) is 0 Å². The molecule has 134 valence electrons. The summed E-state index contributed by atoms with van der Waals surface area (Å²) in [6.45, 7) is 5.03. The summed E-state index contributed by atoms with van der Waals surface area (Å²) in [4.78, 5) is 15.0. The number of hydrogen-bond acceptors (Lipinski definition) is 4. The molecule has 2 heterocycles. The van der Waals surface area contributed by atoms with Gasteiger partial charge in [0.1, 0.15) is 0 Å². The standard InChI is InChI=1S/C19H26N4OS/c1-4-16-12-8-9-13-23(16)18(24)14(2)25-19-21-20-17(22(19)3)15-10-6-5-7-11-15/h5-7,10-11,14,16H,4,8-9,12-13H2,1-3H3. The third-order valence-electron chi connectivity index (χ3n) is 4.88. The maximum absolute atomic E-state index is 12.9. The summed E-state index contributed by atoms with van der Waals surface area (Å²) in [7, 11) is 1.96. The number of thioether (sulfide) groups is 1. The molecule has 2 atom stereocenters. The number of likely N-dealkylation sites (tertiary alicyclic amines) is 1. The van der Waals surface area contributed by atoms with Gasteiger partial charge in [-0.2, -0.15) is 0 Å². The Morgan fingerprint density at radius 2 is 2.04 bits per heavy atom. The monoisotopic (exact) mass is 358 g/mol. The van der Waals surface area contributed by atoms with Crippen molar-refractivity contribution in [1.29, 1.82) is 0 Å². The highest BCUT2D eigenvalue weighted by Gasteiger charge is 2.30. The molecule has 6 heteroatoms. The largest absolute Gasteiger partial charge is 0.339 e. The molecule has 3 rings (SSSR count). The molecule has 5 nitrogen and oxygen atoms in total. The molecule has 1 saturated heterocycles. The van der Waals surface area contributed by atoms with Gasteiger partial charge in [0.2, 0.25) is 5.91 Å². The van der Waals surface area contributed by atoms with Crippen LogP contribution in [0, 0.1) is 0 Å². The van der Waals surface area contributed by atoms with Gasteiger partial charge in [-0.1, -0.05) is 49.0 Å². The highest BCUT2D eigenvalue weighted by atomic mass is 32.2. The highest BCUT2D eigenvalue weighted by molar-refractivity contribution is 8.00. The molecular weight excluding hydrogens is 332 g/mol. The molecule has 0 radical (unpaired) electrons. The van der Waals surface area contributed by atoms with Crippen LogP contribution in [0.2, 0.25) is 0 Å². The zero-order valence-electron chi connectivity index (χ0n) is 15.2. The summed E-state index contributed by atoms with van der Waals surface area (Å²) >= 11 is 1.50. The molecule has 1 aliphatic rings. The lowest BCUT2D eigenvalue weighted by molar-refractivity contribution is -0.134. The van der Waals surface area contributed by atoms with Crippen molar-refractivity contribution in [3.63, 3.8) is 0 Å². The quantitative estimate of drug-likeness (QED) is 0.764. The van der Waals surface area contributed by atoms with E-state index in [1.54, 1.807) is 0 Å². The summed E-state index contributed by atoms with van der Waals surface area (Å²) in [6.07, 6.45) is 4.50. The molecule has 1 amide bonds. The first-order valence-corrected chi connectivity index (χ1v) is 9.91. The first-order chi connectivity index (χ1) is 12.1. The zero-order chi connectivity index (χ0) is 17.8. The van der Waals surface area contributed by atoms with Gasteiger partial charge in [-0.3, -0.25) is 4.79 Å². The van der Waals surface area contributed by atoms with Gasteiger partial charge >= 0.3 is 0 Å². The second kappa shape index (κ2) is 8.04. The number of rotatable bonds is 5. The molecule has 1 fully saturated rings. The number of carbonyl (C=O) groups is 1. The number of benzene rings is 1. The van der Waals surface area contributed by atoms with Crippen LogP contribution in [0.1, 0.15) is 39.5 Å². The van der Waals surface area contributed by atoms with E-state index in [9.17, 15) is 4.79 Å². The number of nitrogens with zero attached hydrogens (tertiary/aromatic N) is 4. The summed E-state index contributed by atoms with van der Waals surface area (Å²) in [5, 5.41) is 9.24. The summed E-state index contributed by atoms with van der Waals surface area (Å²) in [6, 6.07) is 10.4. The predicted molar refractivity (Wildman–Crippen MR) is 101 cm³/mol. The fourth-order valence-electron chi connectivity index (χ4n) is 3.41. The molecule has 1 aromatic heterocycles. The molecule has 0 N–H and O–H groups in total. The van der Waals surface area contributed by atoms with Crippen LogP contribution in [0.4, 0.5) is 0 Å². The first kappa shape index (κ1) is 18.0. The minimum Gasteiger partial charge on any atom is -0.339 e. The van der Waals surface area contributed by atoms with Crippen LogP contribution < -0.4 is 0 Å². The van der Waals surface area contributed by atoms with Crippen LogP contribution in [0.25, 0.3) is 11.4 Å². The second-order valence-electron chi connectivity index (χ2n) is 6.58. The molecule has 2 unspecified atom stereocenters. The Hall–Kier alpha value is -1.82. The van der Waals surface area contributed by atoms with Crippen molar-refractivity contribution in [3.05, 3.63) is 30.3 Å². The van der Waals surface area contributed by atoms with Crippen LogP contribution in [-0.4, -0.2) is 43.4 Å². The Balaban J connectivity index is 1.72. The second-order valence-corrected chi connectivity index (χ2v) is 7.89. The molecule has 0 aliphatic carbocycles. The third-order valence-corrected chi connectivity index (χ3v) is 6.00. The summed E-state index contributed by atoms with van der Waals surface area (Å²) in [5.74, 6) is 1.05. The van der Waals surface area contributed by atoms with E-state index >= 15 is 0 Å². The smallest absolute Gasteiger partial charge is 0.236 e. The third kappa shape index (κ3) is 3.89. The lowest BCUT2D eigenvalue weighted by atomic mass is 10.00. The van der Waals surface area contributed by atoms with Gasteiger partial charge in [0, 0.05) is 25.2 Å². The van der Waals surface area contributed by atoms with Gasteiger partial charge in [-0.15, -0.1) is 10.2 Å². The first-order valence-electron chi connectivity index (χ1n) is 9.03. The maximum atomic E-state index is 12.9. The van der Waals surface area contributed by atoms with Crippen LogP contribution in [0.15, 0.2) is 35.5 Å². The number of aromatic nitrogens is 3. The van der Waals surface area contributed by atoms with E-state index < -0.39 is 0 Å². The van der Waals surface area contributed by atoms with Crippen molar-refractivity contribution < 1.29 is 4.79 Å². The van der Waals surface area contributed by atoms with Crippen LogP contribution >= 0.6 is 11.8 Å². The molecule has 0 saturated carbocycles. The average molecular weight is 359 g/mol. The topological polar surface area (TPSA) is 51.0 Å². The fraction of sp³-hybridized carbons (Fsp3) is 0.526. The van der Waals surface area contributed by atoms with Crippen molar-refractivity contribution in [2.75, 3.05) is 6.54 Å². The Morgan fingerprint density at radius 1 is 1.28 bits per heavy atom. The van der Waals surface area contributed by atoms with Crippen molar-refractivity contribution in [3.8, 4) is 11.4 Å². The van der Waals surface area contributed by atoms with Crippen LogP contribution in [0.5, 0.6) is 0 Å². The van der Waals surface area contributed by atoms with Gasteiger partial charge in [0.05, 0.1) is 5.25 Å². The Morgan fingerprint density at radius 3 is 2.76 bits per heavy atom. The normalized spacial score (nSPS) is 19.0. The molecule has 0 spiro atoms. The van der Waals surface area contributed by atoms with E-state index in [1.165, 1.54) is 18.2 Å². The summed E-state index contributed by atoms with van der Waals surface area (Å²) in [5.41, 5.74) is 1.03. The van der Waals surface area contributed by atoms with E-state index in [2.05, 4.69) is 22.0 Å². The minimum absolute atomic E-state index is 0.154. The lowest BCUT2D eigenvalue weighted by Gasteiger charge is -2.36. The Kier molecular flexibility index (Phi) is 5.78. The van der Waals surface area contributed by atoms with Crippen LogP contribution in [-0.2, 0) is 11.8 Å². The fourth-order valence-corrected chi connectivity index (χ4v) is 4.30. The molecule has 1 aromatic carbocycles. The number of carbonyl (C=O) groups excluding carboxylic acids is 1. The average Bonchev–Trinajstić information content (AvgIpc) is 3.02. The molecule has 2 aromatic rings. The van der Waals surface area contributed by atoms with Gasteiger partial charge in [0.25, 0.3) is 0 Å². The molecule has 25 heavy (non-hydrogen) atoms. The summed E-state index contributed by atoms with van der Waals surface area (Å²) < 4.78 is 1.97. The van der Waals surface area contributed by atoms with Crippen molar-refractivity contribution in [2.24, 2.45) is 7.05 Å². The number of hydrogen-bond donors (Lipinski definition) is 0. The maximum Gasteiger partial charge on any atom is 0.236 e. The SMILES string of the molecule is CCC1CCCCN1C(=O)C(C)Sc1nnc(-c2ccccc2)n1C. The van der Waals surface area contributed by atoms with E-state index in [0.29, 0.717) is 6.04 Å². The Labute approximate surface area is 153 Å². The lowest BCUT2D eigenvalue weighted by Crippen LogP contribution is -2.46.